The zero-order chi connectivity index (χ0) is 18.2. The number of carbonyl (C=O) groups is 3. The third-order valence-electron chi connectivity index (χ3n) is 4.52. The van der Waals surface area contributed by atoms with E-state index in [0.717, 1.165) is 31.2 Å². The van der Waals surface area contributed by atoms with E-state index in [1.165, 1.54) is 0 Å². The zero-order valence-electron chi connectivity index (χ0n) is 14.5. The molecule has 0 spiro atoms. The monoisotopic (exact) mass is 346 g/mol. The molecule has 2 amide bonds. The SMILES string of the molecule is CC(CC(=O)NC(CC(=O)O)c1ccccc1)NC(=O)C1CCCC1. The van der Waals surface area contributed by atoms with Crippen LogP contribution >= 0.6 is 0 Å². The molecule has 0 aliphatic heterocycles. The van der Waals surface area contributed by atoms with Gasteiger partial charge in [0.25, 0.3) is 0 Å². The lowest BCUT2D eigenvalue weighted by Crippen LogP contribution is -2.40. The molecule has 1 aromatic carbocycles. The molecule has 1 aliphatic rings. The minimum atomic E-state index is -0.975. The third kappa shape index (κ3) is 6.21. The second kappa shape index (κ2) is 9.20. The summed E-state index contributed by atoms with van der Waals surface area (Å²) in [6.45, 7) is 1.79. The number of aliphatic carboxylic acids is 1. The molecule has 1 fully saturated rings. The summed E-state index contributed by atoms with van der Waals surface area (Å²) in [5.41, 5.74) is 0.751. The van der Waals surface area contributed by atoms with Gasteiger partial charge in [-0.1, -0.05) is 43.2 Å². The summed E-state index contributed by atoms with van der Waals surface area (Å²) in [5.74, 6) is -1.16. The van der Waals surface area contributed by atoms with Crippen LogP contribution in [0.25, 0.3) is 0 Å². The third-order valence-corrected chi connectivity index (χ3v) is 4.52. The topological polar surface area (TPSA) is 95.5 Å². The molecular weight excluding hydrogens is 320 g/mol. The van der Waals surface area contributed by atoms with Crippen LogP contribution < -0.4 is 10.6 Å². The van der Waals surface area contributed by atoms with Crippen molar-refractivity contribution in [2.45, 2.75) is 57.5 Å². The number of rotatable bonds is 8. The Morgan fingerprint density at radius 1 is 1.08 bits per heavy atom. The molecule has 2 atom stereocenters. The fourth-order valence-corrected chi connectivity index (χ4v) is 3.24. The number of nitrogens with one attached hydrogen (secondary N) is 2. The second-order valence-electron chi connectivity index (χ2n) is 6.72. The van der Waals surface area contributed by atoms with Crippen LogP contribution in [0.2, 0.25) is 0 Å². The number of hydrogen-bond acceptors (Lipinski definition) is 3. The smallest absolute Gasteiger partial charge is 0.305 e. The lowest BCUT2D eigenvalue weighted by molar-refractivity contribution is -0.137. The van der Waals surface area contributed by atoms with E-state index in [-0.39, 0.29) is 36.6 Å². The molecule has 1 aliphatic carbocycles. The summed E-state index contributed by atoms with van der Waals surface area (Å²) >= 11 is 0. The Morgan fingerprint density at radius 2 is 1.72 bits per heavy atom. The Morgan fingerprint density at radius 3 is 2.32 bits per heavy atom. The highest BCUT2D eigenvalue weighted by atomic mass is 16.4. The van der Waals surface area contributed by atoms with Gasteiger partial charge in [0, 0.05) is 18.4 Å². The van der Waals surface area contributed by atoms with Crippen molar-refractivity contribution in [1.29, 1.82) is 0 Å². The van der Waals surface area contributed by atoms with Crippen LogP contribution in [-0.2, 0) is 14.4 Å². The molecule has 0 radical (unpaired) electrons. The van der Waals surface area contributed by atoms with E-state index < -0.39 is 12.0 Å². The van der Waals surface area contributed by atoms with Crippen LogP contribution in [0.4, 0.5) is 0 Å². The lowest BCUT2D eigenvalue weighted by atomic mass is 10.0. The van der Waals surface area contributed by atoms with Gasteiger partial charge in [0.05, 0.1) is 12.5 Å². The first-order valence-electron chi connectivity index (χ1n) is 8.82. The van der Waals surface area contributed by atoms with Crippen molar-refractivity contribution >= 4 is 17.8 Å². The van der Waals surface area contributed by atoms with Crippen molar-refractivity contribution in [3.63, 3.8) is 0 Å². The maximum atomic E-state index is 12.3. The highest BCUT2D eigenvalue weighted by Crippen LogP contribution is 2.24. The Hall–Kier alpha value is -2.37. The average Bonchev–Trinajstić information content (AvgIpc) is 3.09. The molecule has 2 rings (SSSR count). The molecule has 0 heterocycles. The Balaban J connectivity index is 1.87. The van der Waals surface area contributed by atoms with Gasteiger partial charge in [0.2, 0.25) is 11.8 Å². The van der Waals surface area contributed by atoms with Crippen LogP contribution in [0.1, 0.15) is 57.1 Å². The molecule has 2 unspecified atom stereocenters. The fourth-order valence-electron chi connectivity index (χ4n) is 3.24. The number of benzene rings is 1. The normalized spacial score (nSPS) is 16.8. The minimum absolute atomic E-state index is 0.0166. The maximum Gasteiger partial charge on any atom is 0.305 e. The minimum Gasteiger partial charge on any atom is -0.481 e. The standard InChI is InChI=1S/C19H26N2O4/c1-13(20-19(25)15-9-5-6-10-15)11-17(22)21-16(12-18(23)24)14-7-3-2-4-8-14/h2-4,7-8,13,15-16H,5-6,9-12H2,1H3,(H,20,25)(H,21,22)(H,23,24). The fraction of sp³-hybridized carbons (Fsp3) is 0.526. The molecule has 0 aromatic heterocycles. The van der Waals surface area contributed by atoms with Gasteiger partial charge < -0.3 is 15.7 Å². The first-order chi connectivity index (χ1) is 12.0. The maximum absolute atomic E-state index is 12.3. The Bertz CT molecular complexity index is 597. The molecule has 136 valence electrons. The van der Waals surface area contributed by atoms with Gasteiger partial charge in [-0.05, 0) is 25.3 Å². The number of carboxylic acids is 1. The van der Waals surface area contributed by atoms with Gasteiger partial charge in [0.1, 0.15) is 0 Å². The van der Waals surface area contributed by atoms with Gasteiger partial charge in [-0.15, -0.1) is 0 Å². The highest BCUT2D eigenvalue weighted by molar-refractivity contribution is 5.81. The first kappa shape index (κ1) is 19.0. The van der Waals surface area contributed by atoms with Crippen LogP contribution in [0.15, 0.2) is 30.3 Å². The lowest BCUT2D eigenvalue weighted by Gasteiger charge is -2.20. The van der Waals surface area contributed by atoms with Crippen LogP contribution in [0.3, 0.4) is 0 Å². The predicted octanol–water partition coefficient (Wildman–Crippen LogP) is 2.40. The summed E-state index contributed by atoms with van der Waals surface area (Å²) in [6.07, 6.45) is 3.95. The first-order valence-corrected chi connectivity index (χ1v) is 8.82. The van der Waals surface area contributed by atoms with Gasteiger partial charge in [-0.2, -0.15) is 0 Å². The van der Waals surface area contributed by atoms with E-state index in [2.05, 4.69) is 10.6 Å². The van der Waals surface area contributed by atoms with Gasteiger partial charge in [-0.3, -0.25) is 14.4 Å². The van der Waals surface area contributed by atoms with Crippen molar-refractivity contribution in [2.24, 2.45) is 5.92 Å². The predicted molar refractivity (Wildman–Crippen MR) is 93.8 cm³/mol. The van der Waals surface area contributed by atoms with Crippen LogP contribution in [-0.4, -0.2) is 28.9 Å². The summed E-state index contributed by atoms with van der Waals surface area (Å²) in [5, 5.41) is 14.7. The van der Waals surface area contributed by atoms with E-state index >= 15 is 0 Å². The van der Waals surface area contributed by atoms with E-state index in [1.54, 1.807) is 31.2 Å². The Labute approximate surface area is 148 Å². The van der Waals surface area contributed by atoms with Gasteiger partial charge in [-0.25, -0.2) is 0 Å². The van der Waals surface area contributed by atoms with Crippen LogP contribution in [0.5, 0.6) is 0 Å². The highest BCUT2D eigenvalue weighted by Gasteiger charge is 2.25. The summed E-state index contributed by atoms with van der Waals surface area (Å²) in [6, 6.07) is 8.17. The van der Waals surface area contributed by atoms with E-state index in [0.29, 0.717) is 0 Å². The largest absolute Gasteiger partial charge is 0.481 e. The summed E-state index contributed by atoms with van der Waals surface area (Å²) < 4.78 is 0. The summed E-state index contributed by atoms with van der Waals surface area (Å²) in [7, 11) is 0. The van der Waals surface area contributed by atoms with Crippen molar-refractivity contribution in [2.75, 3.05) is 0 Å². The molecule has 1 saturated carbocycles. The molecule has 6 nitrogen and oxygen atoms in total. The van der Waals surface area contributed by atoms with E-state index in [4.69, 9.17) is 5.11 Å². The van der Waals surface area contributed by atoms with Crippen molar-refractivity contribution in [3.8, 4) is 0 Å². The molecule has 6 heteroatoms. The number of hydrogen-bond donors (Lipinski definition) is 3. The molecule has 0 saturated heterocycles. The molecular formula is C19H26N2O4. The second-order valence-corrected chi connectivity index (χ2v) is 6.72. The molecule has 0 bridgehead atoms. The number of amides is 2. The van der Waals surface area contributed by atoms with Gasteiger partial charge in [0.15, 0.2) is 0 Å². The van der Waals surface area contributed by atoms with E-state index in [9.17, 15) is 14.4 Å². The Kier molecular flexibility index (Phi) is 6.98. The van der Waals surface area contributed by atoms with Crippen LogP contribution in [0, 0.1) is 5.92 Å². The quantitative estimate of drug-likeness (QED) is 0.673. The molecule has 25 heavy (non-hydrogen) atoms. The van der Waals surface area contributed by atoms with Crippen molar-refractivity contribution in [3.05, 3.63) is 35.9 Å². The zero-order valence-corrected chi connectivity index (χ0v) is 14.5. The number of carboxylic acid groups (broad SMARTS) is 1. The van der Waals surface area contributed by atoms with E-state index in [1.807, 2.05) is 6.07 Å². The molecule has 1 aromatic rings. The van der Waals surface area contributed by atoms with Crippen molar-refractivity contribution < 1.29 is 19.5 Å². The van der Waals surface area contributed by atoms with Gasteiger partial charge >= 0.3 is 5.97 Å². The number of carbonyl (C=O) groups excluding carboxylic acids is 2. The summed E-state index contributed by atoms with van der Waals surface area (Å²) in [4.78, 5) is 35.4. The van der Waals surface area contributed by atoms with Crippen molar-refractivity contribution in [1.82, 2.24) is 10.6 Å². The molecule has 3 N–H and O–H groups in total. The average molecular weight is 346 g/mol.